The van der Waals surface area contributed by atoms with E-state index in [-0.39, 0.29) is 22.1 Å². The molecule has 1 aliphatic carbocycles. The molecule has 9 nitrogen and oxygen atoms in total. The first-order valence-electron chi connectivity index (χ1n) is 10.3. The van der Waals surface area contributed by atoms with Gasteiger partial charge in [-0.3, -0.25) is 9.36 Å². The number of sulfone groups is 1. The average Bonchev–Trinajstić information content (AvgIpc) is 3.30. The number of carbonyl (C=O) groups is 1. The summed E-state index contributed by atoms with van der Waals surface area (Å²) in [6, 6.07) is 6.44. The number of hydrogen-bond donors (Lipinski definition) is 1. The van der Waals surface area contributed by atoms with E-state index in [9.17, 15) is 17.8 Å². The summed E-state index contributed by atoms with van der Waals surface area (Å²) in [5, 5.41) is 2.77. The maximum absolute atomic E-state index is 13.2. The quantitative estimate of drug-likeness (QED) is 0.541. The molecule has 1 atom stereocenters. The summed E-state index contributed by atoms with van der Waals surface area (Å²) in [4.78, 5) is 21.6. The summed E-state index contributed by atoms with van der Waals surface area (Å²) in [5.41, 5.74) is 0.786. The van der Waals surface area contributed by atoms with Crippen LogP contribution in [0.1, 0.15) is 43.6 Å². The van der Waals surface area contributed by atoms with Crippen LogP contribution in [0.15, 0.2) is 41.6 Å². The largest absolute Gasteiger partial charge is 0.380 e. The van der Waals surface area contributed by atoms with Crippen LogP contribution in [0.2, 0.25) is 0 Å². The van der Waals surface area contributed by atoms with Crippen molar-refractivity contribution in [1.29, 1.82) is 0 Å². The first kappa shape index (κ1) is 24.5. The van der Waals surface area contributed by atoms with Gasteiger partial charge in [0.2, 0.25) is 5.91 Å². The Kier molecular flexibility index (Phi) is 7.82. The minimum absolute atomic E-state index is 0.0411. The number of hydrogen-bond acceptors (Lipinski definition) is 8. The maximum Gasteiger partial charge on any atom is 0.380 e. The van der Waals surface area contributed by atoms with Crippen molar-refractivity contribution in [3.8, 4) is 0 Å². The van der Waals surface area contributed by atoms with Gasteiger partial charge < -0.3 is 14.4 Å². The first-order chi connectivity index (χ1) is 15.2. The summed E-state index contributed by atoms with van der Waals surface area (Å²) in [6.45, 7) is 0. The van der Waals surface area contributed by atoms with Gasteiger partial charge in [0, 0.05) is 20.5 Å². The third-order valence-electron chi connectivity index (χ3n) is 5.72. The Hall–Kier alpha value is -2.13. The van der Waals surface area contributed by atoms with E-state index in [1.165, 1.54) is 38.7 Å². The van der Waals surface area contributed by atoms with Crippen molar-refractivity contribution in [2.75, 3.05) is 25.8 Å². The molecule has 11 heteroatoms. The lowest BCUT2D eigenvalue weighted by Crippen LogP contribution is -2.24. The molecule has 0 aliphatic heterocycles. The summed E-state index contributed by atoms with van der Waals surface area (Å²) in [7, 11) is -4.34. The van der Waals surface area contributed by atoms with Crippen molar-refractivity contribution >= 4 is 34.6 Å². The molecule has 0 radical (unpaired) electrons. The molecule has 3 rings (SSSR count). The number of rotatable bonds is 9. The predicted molar refractivity (Wildman–Crippen MR) is 121 cm³/mol. The topological polar surface area (TPSA) is 125 Å². The van der Waals surface area contributed by atoms with Gasteiger partial charge in [-0.25, -0.2) is 18.4 Å². The van der Waals surface area contributed by atoms with E-state index in [1.54, 1.807) is 12.1 Å². The van der Waals surface area contributed by atoms with Crippen LogP contribution in [0.5, 0.6) is 0 Å². The molecule has 1 N–H and O–H groups in total. The molecular weight excluding hydrogens is 453 g/mol. The highest BCUT2D eigenvalue weighted by Crippen LogP contribution is 2.44. The molecule has 0 spiro atoms. The minimum atomic E-state index is -3.53. The van der Waals surface area contributed by atoms with E-state index in [0.717, 1.165) is 37.5 Å². The molecule has 0 unspecified atom stereocenters. The van der Waals surface area contributed by atoms with Crippen LogP contribution >= 0.6 is 7.60 Å². The van der Waals surface area contributed by atoms with Gasteiger partial charge in [-0.1, -0.05) is 37.8 Å². The average molecular weight is 482 g/mol. The van der Waals surface area contributed by atoms with Crippen molar-refractivity contribution in [2.24, 2.45) is 5.92 Å². The second-order valence-corrected chi connectivity index (χ2v) is 12.1. The van der Waals surface area contributed by atoms with Gasteiger partial charge in [-0.05, 0) is 30.0 Å². The lowest BCUT2D eigenvalue weighted by molar-refractivity contribution is -0.118. The Bertz CT molecular complexity index is 1080. The molecule has 1 heterocycles. The fourth-order valence-corrected chi connectivity index (χ4v) is 5.48. The lowest BCUT2D eigenvalue weighted by atomic mass is 9.87. The summed E-state index contributed by atoms with van der Waals surface area (Å²) >= 11 is 0. The van der Waals surface area contributed by atoms with E-state index in [0.29, 0.717) is 12.3 Å². The van der Waals surface area contributed by atoms with Crippen LogP contribution < -0.4 is 10.8 Å². The van der Waals surface area contributed by atoms with Crippen molar-refractivity contribution in [1.82, 2.24) is 9.97 Å². The highest BCUT2D eigenvalue weighted by Gasteiger charge is 2.29. The normalized spacial score (nSPS) is 16.1. The van der Waals surface area contributed by atoms with Gasteiger partial charge in [0.1, 0.15) is 0 Å². The standard InChI is InChI=1S/C21H28N3O6PS/c1-29-31(26,30-2)20-14-22-19(13-23-20)24-21(25)18(12-15-6-4-5-7-15)16-8-10-17(11-9-16)32(3,27)28/h8-11,13-15,18H,4-7,12H2,1-3H3,(H,22,24,25)/t18-/m1/s1. The lowest BCUT2D eigenvalue weighted by Gasteiger charge is -2.21. The Balaban J connectivity index is 1.81. The molecule has 0 saturated heterocycles. The van der Waals surface area contributed by atoms with Gasteiger partial charge in [0.15, 0.2) is 21.1 Å². The third-order valence-corrected chi connectivity index (χ3v) is 8.60. The smallest absolute Gasteiger partial charge is 0.309 e. The molecular formula is C21H28N3O6PS. The zero-order valence-electron chi connectivity index (χ0n) is 18.4. The Morgan fingerprint density at radius 1 is 1.12 bits per heavy atom. The van der Waals surface area contributed by atoms with Crippen molar-refractivity contribution < 1.29 is 26.8 Å². The van der Waals surface area contributed by atoms with E-state index in [1.807, 2.05) is 0 Å². The third kappa shape index (κ3) is 5.81. The van der Waals surface area contributed by atoms with Gasteiger partial charge in [-0.15, -0.1) is 0 Å². The molecule has 2 aromatic rings. The molecule has 1 saturated carbocycles. The summed E-state index contributed by atoms with van der Waals surface area (Å²) in [5.74, 6) is -0.0743. The molecule has 1 aromatic carbocycles. The second-order valence-electron chi connectivity index (χ2n) is 7.89. The monoisotopic (exact) mass is 481 g/mol. The molecule has 1 amide bonds. The highest BCUT2D eigenvalue weighted by molar-refractivity contribution is 7.90. The number of nitrogens with zero attached hydrogens (tertiary/aromatic N) is 2. The Morgan fingerprint density at radius 3 is 2.25 bits per heavy atom. The fourth-order valence-electron chi connectivity index (χ4n) is 3.92. The molecule has 1 fully saturated rings. The number of carbonyl (C=O) groups excluding carboxylic acids is 1. The fraction of sp³-hybridized carbons (Fsp3) is 0.476. The van der Waals surface area contributed by atoms with Gasteiger partial charge in [0.25, 0.3) is 0 Å². The number of benzene rings is 1. The van der Waals surface area contributed by atoms with Crippen LogP contribution in [0.3, 0.4) is 0 Å². The van der Waals surface area contributed by atoms with Crippen LogP contribution in [0.4, 0.5) is 5.82 Å². The SMILES string of the molecule is COP(=O)(OC)c1cnc(NC(=O)[C@H](CC2CCCC2)c2ccc(S(C)(=O)=O)cc2)cn1. The number of aromatic nitrogens is 2. The molecule has 174 valence electrons. The maximum atomic E-state index is 13.2. The van der Waals surface area contributed by atoms with Crippen LogP contribution in [-0.2, 0) is 28.2 Å². The zero-order valence-corrected chi connectivity index (χ0v) is 20.1. The minimum Gasteiger partial charge on any atom is -0.309 e. The molecule has 0 bridgehead atoms. The van der Waals surface area contributed by atoms with Gasteiger partial charge in [-0.2, -0.15) is 0 Å². The van der Waals surface area contributed by atoms with Crippen LogP contribution in [0.25, 0.3) is 0 Å². The zero-order chi connectivity index (χ0) is 23.4. The molecule has 1 aliphatic rings. The summed E-state index contributed by atoms with van der Waals surface area (Å²) in [6.07, 6.45) is 8.81. The summed E-state index contributed by atoms with van der Waals surface area (Å²) < 4.78 is 45.7. The second kappa shape index (κ2) is 10.2. The highest BCUT2D eigenvalue weighted by atomic mass is 32.2. The van der Waals surface area contributed by atoms with Crippen molar-refractivity contribution in [3.63, 3.8) is 0 Å². The van der Waals surface area contributed by atoms with E-state index in [2.05, 4.69) is 15.3 Å². The predicted octanol–water partition coefficient (Wildman–Crippen LogP) is 3.29. The van der Waals surface area contributed by atoms with Gasteiger partial charge in [0.05, 0.1) is 23.2 Å². The first-order valence-corrected chi connectivity index (χ1v) is 13.7. The number of nitrogens with one attached hydrogen (secondary N) is 1. The Labute approximate surface area is 188 Å². The number of anilines is 1. The molecule has 32 heavy (non-hydrogen) atoms. The Morgan fingerprint density at radius 2 is 1.75 bits per heavy atom. The van der Waals surface area contributed by atoms with Crippen LogP contribution in [0, 0.1) is 5.92 Å². The van der Waals surface area contributed by atoms with E-state index >= 15 is 0 Å². The molecule has 1 aromatic heterocycles. The number of amides is 1. The van der Waals surface area contributed by atoms with Crippen LogP contribution in [-0.4, -0.2) is 44.8 Å². The van der Waals surface area contributed by atoms with Gasteiger partial charge >= 0.3 is 7.60 Å². The van der Waals surface area contributed by atoms with E-state index in [4.69, 9.17) is 9.05 Å². The van der Waals surface area contributed by atoms with Crippen molar-refractivity contribution in [3.05, 3.63) is 42.2 Å². The van der Waals surface area contributed by atoms with E-state index < -0.39 is 23.4 Å². The van der Waals surface area contributed by atoms with Crippen molar-refractivity contribution in [2.45, 2.75) is 42.9 Å².